The lowest BCUT2D eigenvalue weighted by Crippen LogP contribution is -2.44. The van der Waals surface area contributed by atoms with E-state index in [1.807, 2.05) is 13.8 Å². The molecule has 0 bridgehead atoms. The molecule has 0 aromatic heterocycles. The molecule has 9 heteroatoms. The SMILES string of the molecule is CC(C)C[C@H](N)C(=O)Nc1ccc(NC(=O)NC2CCN(C)CC2)cc1.Cl.Cl. The number of nitrogens with two attached hydrogens (primary N) is 1. The Kier molecular flexibility index (Phi) is 12.1. The molecule has 160 valence electrons. The van der Waals surface area contributed by atoms with E-state index in [1.165, 1.54) is 0 Å². The van der Waals surface area contributed by atoms with E-state index >= 15 is 0 Å². The van der Waals surface area contributed by atoms with Crippen molar-refractivity contribution in [3.8, 4) is 0 Å². The molecule has 0 unspecified atom stereocenters. The van der Waals surface area contributed by atoms with Crippen molar-refractivity contribution in [2.24, 2.45) is 11.7 Å². The normalized spacial score (nSPS) is 15.8. The molecule has 2 rings (SSSR count). The molecule has 1 atom stereocenters. The van der Waals surface area contributed by atoms with Gasteiger partial charge in [-0.3, -0.25) is 4.79 Å². The summed E-state index contributed by atoms with van der Waals surface area (Å²) < 4.78 is 0. The lowest BCUT2D eigenvalue weighted by atomic mass is 10.0. The van der Waals surface area contributed by atoms with Crippen molar-refractivity contribution in [1.82, 2.24) is 10.2 Å². The first-order valence-corrected chi connectivity index (χ1v) is 9.26. The van der Waals surface area contributed by atoms with Gasteiger partial charge in [0.1, 0.15) is 0 Å². The van der Waals surface area contributed by atoms with Crippen LogP contribution in [0, 0.1) is 5.92 Å². The lowest BCUT2D eigenvalue weighted by molar-refractivity contribution is -0.117. The topological polar surface area (TPSA) is 99.5 Å². The average Bonchev–Trinajstić information content (AvgIpc) is 2.58. The maximum Gasteiger partial charge on any atom is 0.319 e. The van der Waals surface area contributed by atoms with Gasteiger partial charge in [0.25, 0.3) is 0 Å². The highest BCUT2D eigenvalue weighted by molar-refractivity contribution is 5.95. The third-order valence-corrected chi connectivity index (χ3v) is 4.53. The van der Waals surface area contributed by atoms with Crippen molar-refractivity contribution < 1.29 is 9.59 Å². The monoisotopic (exact) mass is 433 g/mol. The van der Waals surface area contributed by atoms with E-state index < -0.39 is 6.04 Å². The Balaban J connectivity index is 0.00000364. The number of nitrogens with zero attached hydrogens (tertiary/aromatic N) is 1. The fraction of sp³-hybridized carbons (Fsp3) is 0.579. The minimum absolute atomic E-state index is 0. The number of hydrogen-bond donors (Lipinski definition) is 4. The highest BCUT2D eigenvalue weighted by Gasteiger charge is 2.18. The highest BCUT2D eigenvalue weighted by atomic mass is 35.5. The van der Waals surface area contributed by atoms with E-state index in [0.29, 0.717) is 23.7 Å². The van der Waals surface area contributed by atoms with Crippen molar-refractivity contribution in [2.45, 2.75) is 45.2 Å². The molecule has 1 heterocycles. The smallest absolute Gasteiger partial charge is 0.319 e. The molecular formula is C19H33Cl2N5O2. The molecule has 28 heavy (non-hydrogen) atoms. The van der Waals surface area contributed by atoms with Crippen LogP contribution in [0.15, 0.2) is 24.3 Å². The molecule has 1 aliphatic rings. The van der Waals surface area contributed by atoms with Crippen LogP contribution < -0.4 is 21.7 Å². The van der Waals surface area contributed by atoms with Crippen LogP contribution in [-0.2, 0) is 4.79 Å². The van der Waals surface area contributed by atoms with Crippen molar-refractivity contribution in [1.29, 1.82) is 0 Å². The van der Waals surface area contributed by atoms with Crippen LogP contribution in [0.4, 0.5) is 16.2 Å². The number of piperidine rings is 1. The van der Waals surface area contributed by atoms with Gasteiger partial charge in [0.05, 0.1) is 6.04 Å². The van der Waals surface area contributed by atoms with E-state index in [9.17, 15) is 9.59 Å². The number of anilines is 2. The van der Waals surface area contributed by atoms with Crippen LogP contribution in [0.3, 0.4) is 0 Å². The molecule has 3 amide bonds. The predicted octanol–water partition coefficient (Wildman–Crippen LogP) is 3.06. The number of likely N-dealkylation sites (tertiary alicyclic amines) is 1. The van der Waals surface area contributed by atoms with E-state index in [0.717, 1.165) is 25.9 Å². The number of amides is 3. The quantitative estimate of drug-likeness (QED) is 0.553. The second kappa shape index (κ2) is 12.8. The van der Waals surface area contributed by atoms with Gasteiger partial charge >= 0.3 is 6.03 Å². The van der Waals surface area contributed by atoms with Crippen LogP contribution in [0.25, 0.3) is 0 Å². The second-order valence-electron chi connectivity index (χ2n) is 7.48. The number of nitrogens with one attached hydrogen (secondary N) is 3. The van der Waals surface area contributed by atoms with Gasteiger partial charge in [0, 0.05) is 17.4 Å². The Hall–Kier alpha value is -1.54. The number of hydrogen-bond acceptors (Lipinski definition) is 4. The Bertz CT molecular complexity index is 605. The molecule has 7 nitrogen and oxygen atoms in total. The maximum absolute atomic E-state index is 12.1. The van der Waals surface area contributed by atoms with Crippen LogP contribution >= 0.6 is 24.8 Å². The molecule has 0 radical (unpaired) electrons. The van der Waals surface area contributed by atoms with Crippen LogP contribution in [0.5, 0.6) is 0 Å². The Labute approximate surface area is 180 Å². The summed E-state index contributed by atoms with van der Waals surface area (Å²) in [6.45, 7) is 6.06. The van der Waals surface area contributed by atoms with Gasteiger partial charge in [0.2, 0.25) is 5.91 Å². The van der Waals surface area contributed by atoms with Crippen molar-refractivity contribution in [3.63, 3.8) is 0 Å². The molecular weight excluding hydrogens is 401 g/mol. The number of halogens is 2. The first-order valence-electron chi connectivity index (χ1n) is 9.26. The molecule has 1 fully saturated rings. The third-order valence-electron chi connectivity index (χ3n) is 4.53. The van der Waals surface area contributed by atoms with Crippen molar-refractivity contribution >= 4 is 48.1 Å². The standard InChI is InChI=1S/C19H31N5O2.2ClH/c1-13(2)12-17(20)18(25)21-14-4-6-15(7-5-14)22-19(26)23-16-8-10-24(3)11-9-16;;/h4-7,13,16-17H,8-12,20H2,1-3H3,(H,21,25)(H2,22,23,26);2*1H/t17-;;/m0../s1. The summed E-state index contributed by atoms with van der Waals surface area (Å²) in [5, 5.41) is 8.63. The van der Waals surface area contributed by atoms with Gasteiger partial charge in [-0.2, -0.15) is 0 Å². The number of carbonyl (C=O) groups is 2. The van der Waals surface area contributed by atoms with E-state index in [1.54, 1.807) is 24.3 Å². The Morgan fingerprint density at radius 2 is 1.57 bits per heavy atom. The summed E-state index contributed by atoms with van der Waals surface area (Å²) in [5.41, 5.74) is 7.22. The van der Waals surface area contributed by atoms with Crippen LogP contribution in [0.2, 0.25) is 0 Å². The fourth-order valence-corrected chi connectivity index (χ4v) is 2.99. The minimum atomic E-state index is -0.520. The summed E-state index contributed by atoms with van der Waals surface area (Å²) in [6.07, 6.45) is 2.57. The molecule has 1 aliphatic heterocycles. The second-order valence-corrected chi connectivity index (χ2v) is 7.48. The van der Waals surface area contributed by atoms with Gasteiger partial charge in [-0.05, 0) is 69.6 Å². The zero-order valence-electron chi connectivity index (χ0n) is 16.7. The maximum atomic E-state index is 12.1. The lowest BCUT2D eigenvalue weighted by Gasteiger charge is -2.29. The zero-order chi connectivity index (χ0) is 19.1. The van der Waals surface area contributed by atoms with E-state index in [2.05, 4.69) is 27.9 Å². The van der Waals surface area contributed by atoms with Crippen LogP contribution in [-0.4, -0.2) is 49.1 Å². The van der Waals surface area contributed by atoms with Gasteiger partial charge in [0.15, 0.2) is 0 Å². The first-order chi connectivity index (χ1) is 12.3. The molecule has 1 saturated heterocycles. The molecule has 0 aliphatic carbocycles. The summed E-state index contributed by atoms with van der Waals surface area (Å²) >= 11 is 0. The Morgan fingerprint density at radius 3 is 2.07 bits per heavy atom. The van der Waals surface area contributed by atoms with Gasteiger partial charge < -0.3 is 26.6 Å². The summed E-state index contributed by atoms with van der Waals surface area (Å²) in [6, 6.07) is 6.53. The number of benzene rings is 1. The third kappa shape index (κ3) is 9.10. The minimum Gasteiger partial charge on any atom is -0.335 e. The number of urea groups is 1. The van der Waals surface area contributed by atoms with Gasteiger partial charge in [-0.15, -0.1) is 24.8 Å². The number of rotatable bonds is 6. The molecule has 1 aromatic rings. The fourth-order valence-electron chi connectivity index (χ4n) is 2.99. The number of carbonyl (C=O) groups excluding carboxylic acids is 2. The van der Waals surface area contributed by atoms with E-state index in [-0.39, 0.29) is 42.8 Å². The summed E-state index contributed by atoms with van der Waals surface area (Å²) in [5.74, 6) is 0.171. The van der Waals surface area contributed by atoms with Crippen molar-refractivity contribution in [3.05, 3.63) is 24.3 Å². The molecule has 1 aromatic carbocycles. The van der Waals surface area contributed by atoms with Gasteiger partial charge in [-0.1, -0.05) is 13.8 Å². The van der Waals surface area contributed by atoms with Crippen LogP contribution in [0.1, 0.15) is 33.1 Å². The highest BCUT2D eigenvalue weighted by Crippen LogP contribution is 2.15. The average molecular weight is 434 g/mol. The van der Waals surface area contributed by atoms with Crippen molar-refractivity contribution in [2.75, 3.05) is 30.8 Å². The molecule has 0 spiro atoms. The van der Waals surface area contributed by atoms with E-state index in [4.69, 9.17) is 5.73 Å². The molecule has 5 N–H and O–H groups in total. The Morgan fingerprint density at radius 1 is 1.07 bits per heavy atom. The summed E-state index contributed by atoms with van der Waals surface area (Å²) in [4.78, 5) is 26.4. The zero-order valence-corrected chi connectivity index (χ0v) is 18.4. The first kappa shape index (κ1) is 26.5. The largest absolute Gasteiger partial charge is 0.335 e. The predicted molar refractivity (Wildman–Crippen MR) is 120 cm³/mol. The summed E-state index contributed by atoms with van der Waals surface area (Å²) in [7, 11) is 2.09. The molecule has 0 saturated carbocycles. The van der Waals surface area contributed by atoms with Gasteiger partial charge in [-0.25, -0.2) is 4.79 Å².